The molecule has 0 spiro atoms. The third-order valence-corrected chi connectivity index (χ3v) is 2.36. The van der Waals surface area contributed by atoms with Crippen molar-refractivity contribution in [3.63, 3.8) is 0 Å². The second-order valence-electron chi connectivity index (χ2n) is 1.82. The highest BCUT2D eigenvalue weighted by atomic mass is 79.9. The summed E-state index contributed by atoms with van der Waals surface area (Å²) in [7, 11) is 0. The molecule has 0 aliphatic carbocycles. The monoisotopic (exact) mass is 266 g/mol. The lowest BCUT2D eigenvalue weighted by molar-refractivity contribution is 0.477. The fourth-order valence-electron chi connectivity index (χ4n) is 0.652. The summed E-state index contributed by atoms with van der Waals surface area (Å²) in [5, 5.41) is -1.08. The van der Waals surface area contributed by atoms with Crippen molar-refractivity contribution in [2.45, 2.75) is 5.08 Å². The molecule has 0 saturated heterocycles. The van der Waals surface area contributed by atoms with Gasteiger partial charge in [-0.05, 0) is 22.0 Å². The first-order chi connectivity index (χ1) is 4.72. The zero-order chi connectivity index (χ0) is 7.56. The van der Waals surface area contributed by atoms with E-state index < -0.39 is 5.08 Å². The first-order valence-corrected chi connectivity index (χ1v) is 4.45. The summed E-state index contributed by atoms with van der Waals surface area (Å²) in [6, 6.07) is 7.18. The Labute approximate surface area is 75.7 Å². The lowest BCUT2D eigenvalue weighted by atomic mass is 10.2. The second-order valence-corrected chi connectivity index (χ2v) is 3.48. The van der Waals surface area contributed by atoms with Crippen LogP contribution in [0.25, 0.3) is 0 Å². The Bertz CT molecular complexity index is 223. The maximum Gasteiger partial charge on any atom is 0.181 e. The highest BCUT2D eigenvalue weighted by Crippen LogP contribution is 2.29. The molecule has 0 heterocycles. The molecule has 0 aliphatic heterocycles. The molecule has 0 bridgehead atoms. The van der Waals surface area contributed by atoms with E-state index in [1.165, 1.54) is 0 Å². The third-order valence-electron chi connectivity index (χ3n) is 1.14. The van der Waals surface area contributed by atoms with Gasteiger partial charge in [0, 0.05) is 10.0 Å². The topological polar surface area (TPSA) is 0 Å². The van der Waals surface area contributed by atoms with Gasteiger partial charge < -0.3 is 0 Å². The molecule has 10 heavy (non-hydrogen) atoms. The SMILES string of the molecule is FC(Br)c1ccccc1Br. The number of benzene rings is 1. The fraction of sp³-hybridized carbons (Fsp3) is 0.143. The van der Waals surface area contributed by atoms with Gasteiger partial charge in [0.1, 0.15) is 0 Å². The van der Waals surface area contributed by atoms with Gasteiger partial charge in [-0.1, -0.05) is 34.1 Å². The van der Waals surface area contributed by atoms with Gasteiger partial charge in [-0.3, -0.25) is 0 Å². The van der Waals surface area contributed by atoms with Crippen molar-refractivity contribution in [3.05, 3.63) is 34.3 Å². The fourth-order valence-corrected chi connectivity index (χ4v) is 1.84. The molecular weight excluding hydrogens is 263 g/mol. The van der Waals surface area contributed by atoms with Crippen LogP contribution in [0.2, 0.25) is 0 Å². The summed E-state index contributed by atoms with van der Waals surface area (Å²) >= 11 is 6.06. The first-order valence-electron chi connectivity index (χ1n) is 2.74. The lowest BCUT2D eigenvalue weighted by Gasteiger charge is -2.01. The molecule has 0 aromatic heterocycles. The Balaban J connectivity index is 3.03. The van der Waals surface area contributed by atoms with Crippen LogP contribution in [-0.2, 0) is 0 Å². The van der Waals surface area contributed by atoms with E-state index in [-0.39, 0.29) is 0 Å². The molecule has 54 valence electrons. The summed E-state index contributed by atoms with van der Waals surface area (Å²) in [6.45, 7) is 0. The Morgan fingerprint density at radius 2 is 1.90 bits per heavy atom. The van der Waals surface area contributed by atoms with E-state index >= 15 is 0 Å². The summed E-state index contributed by atoms with van der Waals surface area (Å²) in [5.74, 6) is 0. The van der Waals surface area contributed by atoms with E-state index in [9.17, 15) is 4.39 Å². The molecule has 1 aromatic carbocycles. The van der Waals surface area contributed by atoms with Gasteiger partial charge in [-0.2, -0.15) is 0 Å². The van der Waals surface area contributed by atoms with Crippen LogP contribution < -0.4 is 0 Å². The van der Waals surface area contributed by atoms with E-state index in [1.54, 1.807) is 12.1 Å². The highest BCUT2D eigenvalue weighted by molar-refractivity contribution is 9.11. The van der Waals surface area contributed by atoms with Gasteiger partial charge in [-0.25, -0.2) is 4.39 Å². The maximum absolute atomic E-state index is 12.6. The highest BCUT2D eigenvalue weighted by Gasteiger charge is 2.06. The van der Waals surface area contributed by atoms with Gasteiger partial charge in [0.15, 0.2) is 5.08 Å². The molecule has 0 fully saturated rings. The van der Waals surface area contributed by atoms with E-state index in [0.717, 1.165) is 4.47 Å². The molecule has 0 saturated carbocycles. The Hall–Kier alpha value is 0.110. The number of halogens is 3. The number of hydrogen-bond donors (Lipinski definition) is 0. The van der Waals surface area contributed by atoms with Gasteiger partial charge >= 0.3 is 0 Å². The number of hydrogen-bond acceptors (Lipinski definition) is 0. The van der Waals surface area contributed by atoms with Crippen LogP contribution >= 0.6 is 31.9 Å². The zero-order valence-corrected chi connectivity index (χ0v) is 8.19. The van der Waals surface area contributed by atoms with Crippen molar-refractivity contribution in [3.8, 4) is 0 Å². The van der Waals surface area contributed by atoms with Crippen molar-refractivity contribution >= 4 is 31.9 Å². The van der Waals surface area contributed by atoms with E-state index in [4.69, 9.17) is 0 Å². The third kappa shape index (κ3) is 1.80. The molecule has 1 atom stereocenters. The van der Waals surface area contributed by atoms with Crippen LogP contribution in [0, 0.1) is 0 Å². The van der Waals surface area contributed by atoms with Crippen LogP contribution in [0.3, 0.4) is 0 Å². The maximum atomic E-state index is 12.6. The minimum atomic E-state index is -1.08. The first kappa shape index (κ1) is 8.21. The lowest BCUT2D eigenvalue weighted by Crippen LogP contribution is -1.81. The molecule has 1 rings (SSSR count). The number of alkyl halides is 2. The predicted molar refractivity (Wildman–Crippen MR) is 46.9 cm³/mol. The summed E-state index contributed by atoms with van der Waals surface area (Å²) in [5.41, 5.74) is 0.627. The summed E-state index contributed by atoms with van der Waals surface area (Å²) in [6.07, 6.45) is 0. The minimum Gasteiger partial charge on any atom is -0.230 e. The largest absolute Gasteiger partial charge is 0.230 e. The van der Waals surface area contributed by atoms with Crippen LogP contribution in [0.1, 0.15) is 10.6 Å². The van der Waals surface area contributed by atoms with Crippen molar-refractivity contribution in [2.75, 3.05) is 0 Å². The van der Waals surface area contributed by atoms with Gasteiger partial charge in [-0.15, -0.1) is 0 Å². The van der Waals surface area contributed by atoms with E-state index in [0.29, 0.717) is 5.56 Å². The zero-order valence-electron chi connectivity index (χ0n) is 5.02. The van der Waals surface area contributed by atoms with Crippen molar-refractivity contribution in [2.24, 2.45) is 0 Å². The van der Waals surface area contributed by atoms with Gasteiger partial charge in [0.25, 0.3) is 0 Å². The average molecular weight is 268 g/mol. The Morgan fingerprint density at radius 3 is 2.30 bits per heavy atom. The van der Waals surface area contributed by atoms with Crippen LogP contribution in [0.5, 0.6) is 0 Å². The summed E-state index contributed by atoms with van der Waals surface area (Å²) < 4.78 is 13.4. The molecular formula is C7H5Br2F. The van der Waals surface area contributed by atoms with Gasteiger partial charge in [0.05, 0.1) is 0 Å². The summed E-state index contributed by atoms with van der Waals surface area (Å²) in [4.78, 5) is 0. The average Bonchev–Trinajstić information content (AvgIpc) is 1.88. The normalized spacial score (nSPS) is 13.1. The van der Waals surface area contributed by atoms with E-state index in [1.807, 2.05) is 12.1 Å². The smallest absolute Gasteiger partial charge is 0.181 e. The van der Waals surface area contributed by atoms with Gasteiger partial charge in [0.2, 0.25) is 0 Å². The molecule has 3 heteroatoms. The van der Waals surface area contributed by atoms with Crippen LogP contribution in [0.15, 0.2) is 28.7 Å². The van der Waals surface area contributed by atoms with Crippen molar-refractivity contribution in [1.82, 2.24) is 0 Å². The van der Waals surface area contributed by atoms with Crippen molar-refractivity contribution < 1.29 is 4.39 Å². The Morgan fingerprint density at radius 1 is 1.30 bits per heavy atom. The minimum absolute atomic E-state index is 0.627. The molecule has 0 nitrogen and oxygen atoms in total. The van der Waals surface area contributed by atoms with Crippen molar-refractivity contribution in [1.29, 1.82) is 0 Å². The van der Waals surface area contributed by atoms with Crippen LogP contribution in [0.4, 0.5) is 4.39 Å². The second kappa shape index (κ2) is 3.49. The standard InChI is InChI=1S/C7H5Br2F/c8-6-4-2-1-3-5(6)7(9)10/h1-4,7H. The van der Waals surface area contributed by atoms with Crippen LogP contribution in [-0.4, -0.2) is 0 Å². The molecule has 0 amide bonds. The van der Waals surface area contributed by atoms with E-state index in [2.05, 4.69) is 31.9 Å². The predicted octanol–water partition coefficient (Wildman–Crippen LogP) is 3.81. The molecule has 1 aromatic rings. The molecule has 1 unspecified atom stereocenters. The number of rotatable bonds is 1. The quantitative estimate of drug-likeness (QED) is 0.679. The Kier molecular flexibility index (Phi) is 2.86. The molecule has 0 radical (unpaired) electrons. The molecule has 0 aliphatic rings. The molecule has 0 N–H and O–H groups in total.